The van der Waals surface area contributed by atoms with E-state index in [1.165, 1.54) is 12.8 Å². The predicted molar refractivity (Wildman–Crippen MR) is 76.5 cm³/mol. The van der Waals surface area contributed by atoms with E-state index in [-0.39, 0.29) is 4.90 Å². The van der Waals surface area contributed by atoms with Gasteiger partial charge in [0.2, 0.25) is 10.0 Å². The van der Waals surface area contributed by atoms with Gasteiger partial charge in [0.25, 0.3) is 0 Å². The Morgan fingerprint density at radius 1 is 1.11 bits per heavy atom. The fraction of sp³-hybridized carbons (Fsp3) is 0.769. The van der Waals surface area contributed by atoms with Crippen LogP contribution in [0.15, 0.2) is 4.90 Å². The number of nitrogens with zero attached hydrogens (tertiary/aromatic N) is 2. The van der Waals surface area contributed by atoms with Gasteiger partial charge in [-0.15, -0.1) is 0 Å². The fourth-order valence-electron chi connectivity index (χ4n) is 2.31. The Hall–Kier alpha value is -0.880. The van der Waals surface area contributed by atoms with Gasteiger partial charge in [-0.2, -0.15) is 5.10 Å². The number of sulfonamides is 1. The first kappa shape index (κ1) is 16.2. The first-order chi connectivity index (χ1) is 8.95. The third kappa shape index (κ3) is 4.04. The number of nitrogens with two attached hydrogens (primary N) is 1. The zero-order chi connectivity index (χ0) is 14.5. The molecule has 0 aromatic carbocycles. The van der Waals surface area contributed by atoms with Crippen LogP contribution in [0, 0.1) is 0 Å². The largest absolute Gasteiger partial charge is 0.268 e. The molecule has 0 spiro atoms. The monoisotopic (exact) mass is 287 g/mol. The van der Waals surface area contributed by atoms with Crippen molar-refractivity contribution >= 4 is 10.0 Å². The van der Waals surface area contributed by atoms with Crippen LogP contribution in [0.1, 0.15) is 57.8 Å². The quantitative estimate of drug-likeness (QED) is 0.745. The van der Waals surface area contributed by atoms with Gasteiger partial charge in [-0.25, -0.2) is 13.6 Å². The molecule has 0 amide bonds. The van der Waals surface area contributed by atoms with Crippen LogP contribution < -0.4 is 5.14 Å². The summed E-state index contributed by atoms with van der Waals surface area (Å²) in [5, 5.41) is 9.74. The Labute approximate surface area is 116 Å². The lowest BCUT2D eigenvalue weighted by Gasteiger charge is -2.06. The third-order valence-electron chi connectivity index (χ3n) is 3.25. The summed E-state index contributed by atoms with van der Waals surface area (Å²) < 4.78 is 25.2. The van der Waals surface area contributed by atoms with Gasteiger partial charge in [0.15, 0.2) is 0 Å². The molecule has 0 fully saturated rings. The smallest absolute Gasteiger partial charge is 0.241 e. The molecule has 1 aromatic rings. The molecule has 0 radical (unpaired) electrons. The number of aryl methyl sites for hydroxylation is 2. The van der Waals surface area contributed by atoms with E-state index in [2.05, 4.69) is 12.0 Å². The minimum absolute atomic E-state index is 0.244. The Morgan fingerprint density at radius 2 is 1.79 bits per heavy atom. The second kappa shape index (κ2) is 7.05. The summed E-state index contributed by atoms with van der Waals surface area (Å²) in [5.41, 5.74) is 1.34. The van der Waals surface area contributed by atoms with Crippen molar-refractivity contribution < 1.29 is 8.42 Å². The molecule has 0 saturated carbocycles. The molecule has 1 heterocycles. The number of hydrogen-bond acceptors (Lipinski definition) is 3. The van der Waals surface area contributed by atoms with Crippen LogP contribution in [-0.2, 0) is 29.4 Å². The summed E-state index contributed by atoms with van der Waals surface area (Å²) in [6.45, 7) is 6.77. The number of primary sulfonamides is 1. The van der Waals surface area contributed by atoms with Crippen LogP contribution in [-0.4, -0.2) is 18.2 Å². The highest BCUT2D eigenvalue weighted by Crippen LogP contribution is 2.21. The lowest BCUT2D eigenvalue weighted by Crippen LogP contribution is -2.16. The molecule has 5 nitrogen and oxygen atoms in total. The average Bonchev–Trinajstić information content (AvgIpc) is 2.72. The van der Waals surface area contributed by atoms with Gasteiger partial charge in [0.1, 0.15) is 4.90 Å². The van der Waals surface area contributed by atoms with E-state index in [0.717, 1.165) is 25.1 Å². The van der Waals surface area contributed by atoms with E-state index < -0.39 is 10.0 Å². The maximum absolute atomic E-state index is 11.7. The molecule has 1 aromatic heterocycles. The van der Waals surface area contributed by atoms with E-state index >= 15 is 0 Å². The van der Waals surface area contributed by atoms with Crippen molar-refractivity contribution in [3.63, 3.8) is 0 Å². The maximum Gasteiger partial charge on any atom is 0.241 e. The van der Waals surface area contributed by atoms with Crippen molar-refractivity contribution in [2.24, 2.45) is 5.14 Å². The van der Waals surface area contributed by atoms with Crippen molar-refractivity contribution in [3.8, 4) is 0 Å². The van der Waals surface area contributed by atoms with Crippen molar-refractivity contribution in [2.75, 3.05) is 0 Å². The van der Waals surface area contributed by atoms with E-state index in [1.54, 1.807) is 0 Å². The molecular formula is C13H25N3O2S. The Bertz CT molecular complexity index is 506. The molecule has 0 unspecified atom stereocenters. The van der Waals surface area contributed by atoms with Crippen molar-refractivity contribution in [2.45, 2.75) is 70.7 Å². The minimum Gasteiger partial charge on any atom is -0.268 e. The molecule has 19 heavy (non-hydrogen) atoms. The van der Waals surface area contributed by atoms with E-state index in [4.69, 9.17) is 5.14 Å². The zero-order valence-corrected chi connectivity index (χ0v) is 13.0. The molecule has 6 heteroatoms. The second-order valence-electron chi connectivity index (χ2n) is 4.76. The van der Waals surface area contributed by atoms with Gasteiger partial charge >= 0.3 is 0 Å². The molecule has 0 atom stereocenters. The van der Waals surface area contributed by atoms with E-state index in [9.17, 15) is 8.42 Å². The topological polar surface area (TPSA) is 78.0 Å². The van der Waals surface area contributed by atoms with Crippen LogP contribution in [0.2, 0.25) is 0 Å². The number of hydrogen-bond donors (Lipinski definition) is 1. The number of unbranched alkanes of at least 4 members (excludes halogenated alkanes) is 3. The van der Waals surface area contributed by atoms with Crippen molar-refractivity contribution in [3.05, 3.63) is 11.4 Å². The fourth-order valence-corrected chi connectivity index (χ4v) is 3.40. The van der Waals surface area contributed by atoms with Gasteiger partial charge in [-0.1, -0.05) is 40.0 Å². The molecule has 0 saturated heterocycles. The van der Waals surface area contributed by atoms with Crippen molar-refractivity contribution in [1.29, 1.82) is 0 Å². The van der Waals surface area contributed by atoms with E-state index in [1.807, 2.05) is 18.5 Å². The molecule has 0 bridgehead atoms. The van der Waals surface area contributed by atoms with Gasteiger partial charge in [0.05, 0.1) is 11.4 Å². The Morgan fingerprint density at radius 3 is 2.26 bits per heavy atom. The zero-order valence-electron chi connectivity index (χ0n) is 12.1. The highest BCUT2D eigenvalue weighted by atomic mass is 32.2. The van der Waals surface area contributed by atoms with Gasteiger partial charge in [-0.3, -0.25) is 4.68 Å². The Kier molecular flexibility index (Phi) is 6.00. The predicted octanol–water partition coefficient (Wildman–Crippen LogP) is 2.24. The van der Waals surface area contributed by atoms with Crippen LogP contribution in [0.3, 0.4) is 0 Å². The molecule has 110 valence electrons. The molecule has 0 aliphatic carbocycles. The van der Waals surface area contributed by atoms with Crippen LogP contribution >= 0.6 is 0 Å². The summed E-state index contributed by atoms with van der Waals surface area (Å²) in [6, 6.07) is 0. The van der Waals surface area contributed by atoms with Crippen molar-refractivity contribution in [1.82, 2.24) is 9.78 Å². The molecule has 0 aliphatic heterocycles. The summed E-state index contributed by atoms with van der Waals surface area (Å²) in [4.78, 5) is 0.244. The van der Waals surface area contributed by atoms with Crippen LogP contribution in [0.5, 0.6) is 0 Å². The van der Waals surface area contributed by atoms with Crippen LogP contribution in [0.25, 0.3) is 0 Å². The minimum atomic E-state index is -3.69. The van der Waals surface area contributed by atoms with Gasteiger partial charge < -0.3 is 0 Å². The average molecular weight is 287 g/mol. The Balaban J connectivity index is 3.03. The first-order valence-electron chi connectivity index (χ1n) is 7.07. The molecule has 2 N–H and O–H groups in total. The van der Waals surface area contributed by atoms with Crippen LogP contribution in [0.4, 0.5) is 0 Å². The second-order valence-corrected chi connectivity index (χ2v) is 6.26. The lowest BCUT2D eigenvalue weighted by molar-refractivity contribution is 0.521. The highest BCUT2D eigenvalue weighted by molar-refractivity contribution is 7.89. The maximum atomic E-state index is 11.7. The third-order valence-corrected chi connectivity index (χ3v) is 4.30. The van der Waals surface area contributed by atoms with Gasteiger partial charge in [0, 0.05) is 6.54 Å². The standard InChI is InChI=1S/C13H25N3O2S/c1-4-7-8-9-10-16-12(6-3)13(19(14,17)18)11(5-2)15-16/h4-10H2,1-3H3,(H2,14,17,18). The number of rotatable bonds is 8. The summed E-state index contributed by atoms with van der Waals surface area (Å²) >= 11 is 0. The highest BCUT2D eigenvalue weighted by Gasteiger charge is 2.23. The lowest BCUT2D eigenvalue weighted by atomic mass is 10.2. The SMILES string of the molecule is CCCCCCn1nc(CC)c(S(N)(=O)=O)c1CC. The normalized spacial score (nSPS) is 12.0. The first-order valence-corrected chi connectivity index (χ1v) is 8.61. The summed E-state index contributed by atoms with van der Waals surface area (Å²) in [6.07, 6.45) is 5.77. The summed E-state index contributed by atoms with van der Waals surface area (Å²) in [5.74, 6) is 0. The van der Waals surface area contributed by atoms with E-state index in [0.29, 0.717) is 18.5 Å². The summed E-state index contributed by atoms with van der Waals surface area (Å²) in [7, 11) is -3.69. The molecule has 1 rings (SSSR count). The van der Waals surface area contributed by atoms with Gasteiger partial charge in [-0.05, 0) is 19.3 Å². The number of aromatic nitrogens is 2. The molecule has 0 aliphatic rings. The molecular weight excluding hydrogens is 262 g/mol.